The number of hydrogen-bond acceptors (Lipinski definition) is 4. The second-order valence-electron chi connectivity index (χ2n) is 8.40. The maximum atomic E-state index is 13.6. The summed E-state index contributed by atoms with van der Waals surface area (Å²) in [7, 11) is 0. The lowest BCUT2D eigenvalue weighted by Crippen LogP contribution is -2.40. The zero-order chi connectivity index (χ0) is 19.6. The predicted octanol–water partition coefficient (Wildman–Crippen LogP) is 3.56. The zero-order valence-electron chi connectivity index (χ0n) is 15.9. The number of rotatable bonds is 2. The SMILES string of the molecule is O=C1O[C@]2(CCN(C(=O)C3(c4ccc5ncccc5c4)CC3)C2)c2ccccc21. The number of amides is 1. The molecule has 6 rings (SSSR count). The van der Waals surface area contributed by atoms with E-state index in [1.165, 1.54) is 0 Å². The van der Waals surface area contributed by atoms with Crippen LogP contribution in [0.1, 0.15) is 40.7 Å². The molecule has 29 heavy (non-hydrogen) atoms. The molecular formula is C24H20N2O3. The maximum Gasteiger partial charge on any atom is 0.339 e. The molecule has 3 heterocycles. The number of aromatic nitrogens is 1. The second-order valence-corrected chi connectivity index (χ2v) is 8.40. The quantitative estimate of drug-likeness (QED) is 0.634. The lowest BCUT2D eigenvalue weighted by Gasteiger charge is -2.27. The highest BCUT2D eigenvalue weighted by Gasteiger charge is 2.57. The van der Waals surface area contributed by atoms with Gasteiger partial charge in [-0.05, 0) is 42.7 Å². The number of carbonyl (C=O) groups excluding carboxylic acids is 2. The van der Waals surface area contributed by atoms with Crippen molar-refractivity contribution in [2.75, 3.05) is 13.1 Å². The summed E-state index contributed by atoms with van der Waals surface area (Å²) in [5.74, 6) is -0.129. The van der Waals surface area contributed by atoms with E-state index in [9.17, 15) is 9.59 Å². The Bertz CT molecular complexity index is 1180. The van der Waals surface area contributed by atoms with Gasteiger partial charge in [-0.3, -0.25) is 9.78 Å². The first-order valence-corrected chi connectivity index (χ1v) is 10.1. The summed E-state index contributed by atoms with van der Waals surface area (Å²) in [5, 5.41) is 1.06. The van der Waals surface area contributed by atoms with E-state index in [0.29, 0.717) is 25.1 Å². The molecule has 2 aromatic carbocycles. The first-order valence-electron chi connectivity index (χ1n) is 10.1. The Hall–Kier alpha value is -3.21. The Balaban J connectivity index is 1.31. The smallest absolute Gasteiger partial charge is 0.339 e. The summed E-state index contributed by atoms with van der Waals surface area (Å²) in [6.45, 7) is 1.04. The van der Waals surface area contributed by atoms with Gasteiger partial charge >= 0.3 is 5.97 Å². The Morgan fingerprint density at radius 3 is 2.76 bits per heavy atom. The standard InChI is InChI=1S/C24H20N2O3/c27-21-18-5-1-2-6-19(18)24(29-21)11-13-26(15-24)22(28)23(9-10-23)17-7-8-20-16(14-17)4-3-12-25-20/h1-8,12,14H,9-11,13,15H2/t24-/m0/s1. The van der Waals surface area contributed by atoms with Crippen molar-refractivity contribution < 1.29 is 14.3 Å². The van der Waals surface area contributed by atoms with E-state index >= 15 is 0 Å². The summed E-state index contributed by atoms with van der Waals surface area (Å²) >= 11 is 0. The van der Waals surface area contributed by atoms with Crippen molar-refractivity contribution >= 4 is 22.8 Å². The van der Waals surface area contributed by atoms with Crippen LogP contribution in [0.3, 0.4) is 0 Å². The van der Waals surface area contributed by atoms with Crippen molar-refractivity contribution in [3.05, 3.63) is 77.5 Å². The molecule has 1 atom stereocenters. The molecule has 2 fully saturated rings. The number of hydrogen-bond donors (Lipinski definition) is 0. The van der Waals surface area contributed by atoms with E-state index in [4.69, 9.17) is 4.74 Å². The van der Waals surface area contributed by atoms with E-state index in [2.05, 4.69) is 11.1 Å². The minimum Gasteiger partial charge on any atom is -0.449 e. The first-order chi connectivity index (χ1) is 14.1. The van der Waals surface area contributed by atoms with Crippen molar-refractivity contribution in [2.24, 2.45) is 0 Å². The molecule has 5 heteroatoms. The molecule has 1 amide bonds. The molecule has 0 N–H and O–H groups in total. The first kappa shape index (κ1) is 16.7. The molecule has 144 valence electrons. The number of fused-ring (bicyclic) bond motifs is 3. The number of ether oxygens (including phenoxy) is 1. The molecule has 3 aliphatic rings. The molecule has 0 bridgehead atoms. The predicted molar refractivity (Wildman–Crippen MR) is 107 cm³/mol. The molecule has 1 saturated heterocycles. The van der Waals surface area contributed by atoms with Crippen molar-refractivity contribution in [1.29, 1.82) is 0 Å². The fourth-order valence-electron chi connectivity index (χ4n) is 5.03. The van der Waals surface area contributed by atoms with E-state index in [1.54, 1.807) is 6.20 Å². The van der Waals surface area contributed by atoms with Crippen molar-refractivity contribution in [1.82, 2.24) is 9.88 Å². The summed E-state index contributed by atoms with van der Waals surface area (Å²) in [6.07, 6.45) is 4.15. The third kappa shape index (κ3) is 2.30. The number of likely N-dealkylation sites (tertiary alicyclic amines) is 1. The van der Waals surface area contributed by atoms with Crippen LogP contribution >= 0.6 is 0 Å². The third-order valence-corrected chi connectivity index (χ3v) is 6.76. The Morgan fingerprint density at radius 1 is 1.03 bits per heavy atom. The van der Waals surface area contributed by atoms with Crippen molar-refractivity contribution in [2.45, 2.75) is 30.3 Å². The largest absolute Gasteiger partial charge is 0.449 e. The van der Waals surface area contributed by atoms with Crippen molar-refractivity contribution in [3.8, 4) is 0 Å². The fraction of sp³-hybridized carbons (Fsp3) is 0.292. The van der Waals surface area contributed by atoms with Gasteiger partial charge in [0.15, 0.2) is 5.60 Å². The van der Waals surface area contributed by atoms with Gasteiger partial charge in [-0.25, -0.2) is 4.79 Å². The number of nitrogens with zero attached hydrogens (tertiary/aromatic N) is 2. The van der Waals surface area contributed by atoms with Crippen LogP contribution < -0.4 is 0 Å². The van der Waals surface area contributed by atoms with Crippen LogP contribution in [0.5, 0.6) is 0 Å². The number of esters is 1. The molecule has 1 spiro atoms. The maximum absolute atomic E-state index is 13.6. The molecule has 2 aliphatic heterocycles. The van der Waals surface area contributed by atoms with Gasteiger partial charge in [0.1, 0.15) is 0 Å². The lowest BCUT2D eigenvalue weighted by atomic mass is 9.91. The number of carbonyl (C=O) groups is 2. The average Bonchev–Trinajstić information content (AvgIpc) is 3.39. The monoisotopic (exact) mass is 384 g/mol. The Kier molecular flexibility index (Phi) is 3.26. The van der Waals surface area contributed by atoms with Gasteiger partial charge < -0.3 is 9.64 Å². The molecule has 0 radical (unpaired) electrons. The lowest BCUT2D eigenvalue weighted by molar-refractivity contribution is -0.134. The molecule has 1 aromatic heterocycles. The number of pyridine rings is 1. The third-order valence-electron chi connectivity index (χ3n) is 6.76. The van der Waals surface area contributed by atoms with Crippen LogP contribution in [0.25, 0.3) is 10.9 Å². The van der Waals surface area contributed by atoms with Crippen molar-refractivity contribution in [3.63, 3.8) is 0 Å². The minimum absolute atomic E-state index is 0.151. The van der Waals surface area contributed by atoms with Crippen LogP contribution in [-0.4, -0.2) is 34.8 Å². The van der Waals surface area contributed by atoms with Gasteiger partial charge in [0.25, 0.3) is 0 Å². The van der Waals surface area contributed by atoms with Crippen LogP contribution in [-0.2, 0) is 20.5 Å². The van der Waals surface area contributed by atoms with Gasteiger partial charge in [-0.15, -0.1) is 0 Å². The summed E-state index contributed by atoms with van der Waals surface area (Å²) in [4.78, 5) is 32.2. The zero-order valence-corrected chi connectivity index (χ0v) is 15.9. The van der Waals surface area contributed by atoms with Crippen LogP contribution in [0.4, 0.5) is 0 Å². The van der Waals surface area contributed by atoms with E-state index in [0.717, 1.165) is 34.9 Å². The highest BCUT2D eigenvalue weighted by molar-refractivity contribution is 5.96. The van der Waals surface area contributed by atoms with Gasteiger partial charge in [-0.1, -0.05) is 30.3 Å². The van der Waals surface area contributed by atoms with Crippen LogP contribution in [0, 0.1) is 0 Å². The van der Waals surface area contributed by atoms with E-state index in [-0.39, 0.29) is 11.9 Å². The van der Waals surface area contributed by atoms with E-state index in [1.807, 2.05) is 53.4 Å². The molecule has 1 aliphatic carbocycles. The minimum atomic E-state index is -0.688. The van der Waals surface area contributed by atoms with E-state index < -0.39 is 11.0 Å². The Morgan fingerprint density at radius 2 is 1.90 bits per heavy atom. The van der Waals surface area contributed by atoms with Gasteiger partial charge in [0.05, 0.1) is 23.0 Å². The molecule has 3 aromatic rings. The summed E-state index contributed by atoms with van der Waals surface area (Å²) in [5.41, 5.74) is 2.42. The van der Waals surface area contributed by atoms with Gasteiger partial charge in [0, 0.05) is 30.1 Å². The number of benzene rings is 2. The van der Waals surface area contributed by atoms with Crippen LogP contribution in [0.15, 0.2) is 60.8 Å². The normalized spacial score (nSPS) is 24.0. The highest BCUT2D eigenvalue weighted by atomic mass is 16.6. The van der Waals surface area contributed by atoms with Gasteiger partial charge in [0.2, 0.25) is 5.91 Å². The van der Waals surface area contributed by atoms with Gasteiger partial charge in [-0.2, -0.15) is 0 Å². The Labute approximate surface area is 168 Å². The summed E-state index contributed by atoms with van der Waals surface area (Å²) < 4.78 is 5.82. The summed E-state index contributed by atoms with van der Waals surface area (Å²) in [6, 6.07) is 17.6. The molecule has 1 saturated carbocycles. The highest BCUT2D eigenvalue weighted by Crippen LogP contribution is 2.52. The topological polar surface area (TPSA) is 59.5 Å². The molecular weight excluding hydrogens is 364 g/mol. The fourth-order valence-corrected chi connectivity index (χ4v) is 5.03. The molecule has 0 unspecified atom stereocenters. The second kappa shape index (κ2) is 5.66. The average molecular weight is 384 g/mol. The van der Waals surface area contributed by atoms with Crippen LogP contribution in [0.2, 0.25) is 0 Å². The molecule has 5 nitrogen and oxygen atoms in total.